The molecule has 4 rings (SSSR count). The first-order valence-electron chi connectivity index (χ1n) is 8.78. The molecule has 0 saturated heterocycles. The number of anilines is 1. The van der Waals surface area contributed by atoms with E-state index in [2.05, 4.69) is 15.3 Å². The number of benzene rings is 1. The number of nitrogens with zero attached hydrogens (tertiary/aromatic N) is 3. The van der Waals surface area contributed by atoms with Crippen LogP contribution in [0, 0.1) is 5.92 Å². The van der Waals surface area contributed by atoms with Crippen LogP contribution in [0.1, 0.15) is 25.1 Å². The number of halogens is 3. The van der Waals surface area contributed by atoms with Crippen molar-refractivity contribution in [3.8, 4) is 11.4 Å². The molecule has 1 amide bonds. The zero-order valence-corrected chi connectivity index (χ0v) is 15.0. The Labute approximate surface area is 158 Å². The van der Waals surface area contributed by atoms with Crippen LogP contribution in [-0.2, 0) is 11.0 Å². The van der Waals surface area contributed by atoms with Crippen molar-refractivity contribution >= 4 is 22.8 Å². The fourth-order valence-electron chi connectivity index (χ4n) is 3.13. The third-order valence-electron chi connectivity index (χ3n) is 4.85. The van der Waals surface area contributed by atoms with Crippen molar-refractivity contribution in [1.82, 2.24) is 14.5 Å². The molecule has 1 aromatic carbocycles. The average molecular weight is 390 g/mol. The quantitative estimate of drug-likeness (QED) is 0.725. The molecule has 6 nitrogen and oxygen atoms in total. The van der Waals surface area contributed by atoms with Crippen LogP contribution >= 0.6 is 0 Å². The lowest BCUT2D eigenvalue weighted by atomic mass is 9.85. The summed E-state index contributed by atoms with van der Waals surface area (Å²) in [6.07, 6.45) is -0.629. The number of hydrogen-bond acceptors (Lipinski definition) is 4. The molecule has 0 spiro atoms. The Morgan fingerprint density at radius 1 is 1.25 bits per heavy atom. The Balaban J connectivity index is 1.72. The van der Waals surface area contributed by atoms with Gasteiger partial charge >= 0.3 is 6.18 Å². The maximum absolute atomic E-state index is 13.5. The Kier molecular flexibility index (Phi) is 4.44. The SMILES string of the molecule is COc1ccc2c(c1)nc(C(F)(F)F)n2-c1ccc(NC(=O)C2CCC2)nc1. The number of rotatable bonds is 4. The Morgan fingerprint density at radius 3 is 2.61 bits per heavy atom. The van der Waals surface area contributed by atoms with Crippen molar-refractivity contribution < 1.29 is 22.7 Å². The summed E-state index contributed by atoms with van der Waals surface area (Å²) in [5.41, 5.74) is 0.636. The van der Waals surface area contributed by atoms with Gasteiger partial charge in [0.1, 0.15) is 11.6 Å². The molecule has 3 aromatic rings. The summed E-state index contributed by atoms with van der Waals surface area (Å²) in [6.45, 7) is 0. The van der Waals surface area contributed by atoms with Crippen LogP contribution in [0.15, 0.2) is 36.5 Å². The number of imidazole rings is 1. The molecule has 0 bridgehead atoms. The predicted molar refractivity (Wildman–Crippen MR) is 96.4 cm³/mol. The zero-order chi connectivity index (χ0) is 19.9. The third kappa shape index (κ3) is 3.28. The average Bonchev–Trinajstić information content (AvgIpc) is 2.99. The number of carbonyl (C=O) groups is 1. The van der Waals surface area contributed by atoms with Gasteiger partial charge in [0, 0.05) is 12.0 Å². The smallest absolute Gasteiger partial charge is 0.450 e. The van der Waals surface area contributed by atoms with Crippen molar-refractivity contribution in [3.05, 3.63) is 42.4 Å². The molecule has 0 atom stereocenters. The van der Waals surface area contributed by atoms with E-state index in [1.165, 1.54) is 37.6 Å². The highest BCUT2D eigenvalue weighted by Crippen LogP contribution is 2.35. The Morgan fingerprint density at radius 2 is 2.04 bits per heavy atom. The minimum atomic E-state index is -4.65. The first-order chi connectivity index (χ1) is 13.4. The molecule has 1 N–H and O–H groups in total. The van der Waals surface area contributed by atoms with Crippen LogP contribution in [0.4, 0.5) is 19.0 Å². The summed E-state index contributed by atoms with van der Waals surface area (Å²) < 4.78 is 46.7. The number of pyridine rings is 1. The molecule has 0 unspecified atom stereocenters. The van der Waals surface area contributed by atoms with Crippen LogP contribution < -0.4 is 10.1 Å². The Hall–Kier alpha value is -3.10. The second kappa shape index (κ2) is 6.81. The van der Waals surface area contributed by atoms with Gasteiger partial charge in [-0.05, 0) is 37.1 Å². The van der Waals surface area contributed by atoms with E-state index in [4.69, 9.17) is 4.74 Å². The number of aromatic nitrogens is 3. The molecule has 28 heavy (non-hydrogen) atoms. The van der Waals surface area contributed by atoms with Gasteiger partial charge < -0.3 is 10.1 Å². The monoisotopic (exact) mass is 390 g/mol. The highest BCUT2D eigenvalue weighted by Gasteiger charge is 2.38. The number of methoxy groups -OCH3 is 1. The second-order valence-electron chi connectivity index (χ2n) is 6.64. The zero-order valence-electron chi connectivity index (χ0n) is 15.0. The molecule has 1 aliphatic carbocycles. The summed E-state index contributed by atoms with van der Waals surface area (Å²) in [5, 5.41) is 2.70. The molecule has 1 fully saturated rings. The van der Waals surface area contributed by atoms with Crippen molar-refractivity contribution in [2.45, 2.75) is 25.4 Å². The van der Waals surface area contributed by atoms with Crippen molar-refractivity contribution in [2.75, 3.05) is 12.4 Å². The molecular formula is C19H17F3N4O2. The largest absolute Gasteiger partial charge is 0.497 e. The number of ether oxygens (including phenoxy) is 1. The summed E-state index contributed by atoms with van der Waals surface area (Å²) in [6, 6.07) is 7.50. The van der Waals surface area contributed by atoms with Gasteiger partial charge in [-0.2, -0.15) is 13.2 Å². The number of nitrogens with one attached hydrogen (secondary N) is 1. The van der Waals surface area contributed by atoms with Gasteiger partial charge in [-0.3, -0.25) is 9.36 Å². The summed E-state index contributed by atoms with van der Waals surface area (Å²) in [4.78, 5) is 19.9. The highest BCUT2D eigenvalue weighted by molar-refractivity contribution is 5.92. The molecule has 0 radical (unpaired) electrons. The minimum Gasteiger partial charge on any atom is -0.497 e. The minimum absolute atomic E-state index is 0.00844. The fourth-order valence-corrected chi connectivity index (χ4v) is 3.13. The molecule has 9 heteroatoms. The first kappa shape index (κ1) is 18.3. The van der Waals surface area contributed by atoms with E-state index in [0.29, 0.717) is 11.6 Å². The van der Waals surface area contributed by atoms with Gasteiger partial charge in [0.15, 0.2) is 0 Å². The molecular weight excluding hydrogens is 373 g/mol. The van der Waals surface area contributed by atoms with Crippen LogP contribution in [0.2, 0.25) is 0 Å². The molecule has 2 heterocycles. The van der Waals surface area contributed by atoms with Crippen LogP contribution in [-0.4, -0.2) is 27.6 Å². The van der Waals surface area contributed by atoms with Crippen LogP contribution in [0.25, 0.3) is 16.7 Å². The lowest BCUT2D eigenvalue weighted by Gasteiger charge is -2.23. The highest BCUT2D eigenvalue weighted by atomic mass is 19.4. The predicted octanol–water partition coefficient (Wildman–Crippen LogP) is 4.19. The molecule has 1 aliphatic rings. The number of alkyl halides is 3. The maximum Gasteiger partial charge on any atom is 0.450 e. The van der Waals surface area contributed by atoms with Gasteiger partial charge in [-0.15, -0.1) is 0 Å². The summed E-state index contributed by atoms with van der Waals surface area (Å²) in [7, 11) is 1.43. The molecule has 0 aliphatic heterocycles. The van der Waals surface area contributed by atoms with Crippen LogP contribution in [0.5, 0.6) is 5.75 Å². The lowest BCUT2D eigenvalue weighted by Crippen LogP contribution is -2.28. The van der Waals surface area contributed by atoms with E-state index in [9.17, 15) is 18.0 Å². The standard InChI is InChI=1S/C19H17F3N4O2/c1-28-13-6-7-15-14(9-13)24-18(19(20,21)22)26(15)12-5-8-16(23-10-12)25-17(27)11-3-2-4-11/h5-11H,2-4H2,1H3,(H,23,25,27). The Bertz CT molecular complexity index is 1020. The normalized spacial score (nSPS) is 14.7. The van der Waals surface area contributed by atoms with E-state index in [-0.39, 0.29) is 28.5 Å². The summed E-state index contributed by atoms with van der Waals surface area (Å²) >= 11 is 0. The lowest BCUT2D eigenvalue weighted by molar-refractivity contribution is -0.145. The fraction of sp³-hybridized carbons (Fsp3) is 0.316. The topological polar surface area (TPSA) is 69.0 Å². The number of hydrogen-bond donors (Lipinski definition) is 1. The van der Waals surface area contributed by atoms with Gasteiger partial charge in [0.25, 0.3) is 0 Å². The van der Waals surface area contributed by atoms with E-state index in [1.807, 2.05) is 0 Å². The van der Waals surface area contributed by atoms with E-state index in [1.54, 1.807) is 6.07 Å². The maximum atomic E-state index is 13.5. The third-order valence-corrected chi connectivity index (χ3v) is 4.85. The van der Waals surface area contributed by atoms with Crippen molar-refractivity contribution in [1.29, 1.82) is 0 Å². The van der Waals surface area contributed by atoms with Crippen molar-refractivity contribution in [2.24, 2.45) is 5.92 Å². The molecule has 1 saturated carbocycles. The van der Waals surface area contributed by atoms with Gasteiger partial charge in [0.2, 0.25) is 11.7 Å². The van der Waals surface area contributed by atoms with Gasteiger partial charge in [-0.1, -0.05) is 6.42 Å². The molecule has 2 aromatic heterocycles. The molecule has 146 valence electrons. The summed E-state index contributed by atoms with van der Waals surface area (Å²) in [5.74, 6) is -0.448. The van der Waals surface area contributed by atoms with Gasteiger partial charge in [0.05, 0.1) is 30.0 Å². The number of fused-ring (bicyclic) bond motifs is 1. The van der Waals surface area contributed by atoms with Crippen molar-refractivity contribution in [3.63, 3.8) is 0 Å². The van der Waals surface area contributed by atoms with E-state index < -0.39 is 12.0 Å². The van der Waals surface area contributed by atoms with Gasteiger partial charge in [-0.25, -0.2) is 9.97 Å². The first-order valence-corrected chi connectivity index (χ1v) is 8.78. The second-order valence-corrected chi connectivity index (χ2v) is 6.64. The number of carbonyl (C=O) groups excluding carboxylic acids is 1. The van der Waals surface area contributed by atoms with E-state index in [0.717, 1.165) is 23.8 Å². The van der Waals surface area contributed by atoms with E-state index >= 15 is 0 Å². The number of amides is 1. The van der Waals surface area contributed by atoms with Crippen LogP contribution in [0.3, 0.4) is 0 Å².